The molecule has 16 nitrogen and oxygen atoms in total. The smallest absolute Gasteiger partial charge is 0.277 e. The third-order valence-electron chi connectivity index (χ3n) is 9.21. The van der Waals surface area contributed by atoms with Crippen molar-refractivity contribution in [1.82, 2.24) is 39.7 Å². The Hall–Kier alpha value is -5.72. The van der Waals surface area contributed by atoms with Gasteiger partial charge in [0.05, 0.1) is 14.5 Å². The van der Waals surface area contributed by atoms with Crippen LogP contribution in [0.15, 0.2) is 99.5 Å². The molecule has 6 heterocycles. The molecule has 8 rings (SSSR count). The van der Waals surface area contributed by atoms with Gasteiger partial charge in [-0.25, -0.2) is 19.9 Å². The molecule has 7 N–H and O–H groups in total. The number of hydrogen-bond donors (Lipinski definition) is 6. The first-order valence-corrected chi connectivity index (χ1v) is 19.6. The van der Waals surface area contributed by atoms with Crippen molar-refractivity contribution in [3.05, 3.63) is 153 Å². The number of amides is 2. The Labute approximate surface area is 364 Å². The summed E-state index contributed by atoms with van der Waals surface area (Å²) in [5, 5.41) is 15.7. The molecule has 4 aromatic heterocycles. The maximum absolute atomic E-state index is 13.3. The highest BCUT2D eigenvalue weighted by Crippen LogP contribution is 2.35. The number of carbonyl (C=O) groups is 2. The van der Waals surface area contributed by atoms with E-state index in [1.54, 1.807) is 88.6 Å². The van der Waals surface area contributed by atoms with E-state index >= 15 is 0 Å². The quantitative estimate of drug-likeness (QED) is 0.103. The summed E-state index contributed by atoms with van der Waals surface area (Å²) in [4.78, 5) is 66.4. The third-order valence-corrected chi connectivity index (χ3v) is 10.8. The van der Waals surface area contributed by atoms with Crippen molar-refractivity contribution < 1.29 is 9.59 Å². The summed E-state index contributed by atoms with van der Waals surface area (Å²) >= 11 is 27.8. The second kappa shape index (κ2) is 17.2. The van der Waals surface area contributed by atoms with Gasteiger partial charge in [-0.3, -0.25) is 28.3 Å². The van der Waals surface area contributed by atoms with Crippen molar-refractivity contribution >= 4 is 103 Å². The van der Waals surface area contributed by atoms with E-state index in [1.807, 2.05) is 0 Å². The first kappa shape index (κ1) is 42.9. The number of anilines is 5. The number of nitrogen functional groups attached to an aromatic ring is 1. The Bertz CT molecular complexity index is 2750. The number of nitrogens with two attached hydrogens (primary N) is 1. The van der Waals surface area contributed by atoms with Crippen LogP contribution in [0.4, 0.5) is 29.0 Å². The average Bonchev–Trinajstić information content (AvgIpc) is 3.66. The highest BCUT2D eigenvalue weighted by molar-refractivity contribution is 9.10. The molecule has 2 unspecified atom stereocenters. The van der Waals surface area contributed by atoms with E-state index in [9.17, 15) is 19.2 Å². The molecular formula is C38H33BrCl4N12O4. The summed E-state index contributed by atoms with van der Waals surface area (Å²) in [5.74, 6) is 1.36. The molecule has 0 saturated heterocycles. The molecule has 2 amide bonds. The van der Waals surface area contributed by atoms with Gasteiger partial charge >= 0.3 is 0 Å². The van der Waals surface area contributed by atoms with Crippen molar-refractivity contribution in [3.63, 3.8) is 0 Å². The highest BCUT2D eigenvalue weighted by Gasteiger charge is 2.44. The number of rotatable bonds is 6. The van der Waals surface area contributed by atoms with Crippen LogP contribution in [-0.2, 0) is 11.3 Å². The van der Waals surface area contributed by atoms with Gasteiger partial charge in [0, 0.05) is 36.3 Å². The van der Waals surface area contributed by atoms with Crippen molar-refractivity contribution in [2.24, 2.45) is 0 Å². The maximum Gasteiger partial charge on any atom is 0.277 e. The lowest BCUT2D eigenvalue weighted by molar-refractivity contribution is 0.0932. The van der Waals surface area contributed by atoms with Crippen LogP contribution >= 0.6 is 62.3 Å². The number of pyridine rings is 2. The molecular weight excluding hydrogens is 910 g/mol. The van der Waals surface area contributed by atoms with E-state index in [4.69, 9.17) is 52.1 Å². The van der Waals surface area contributed by atoms with E-state index in [1.165, 1.54) is 33.9 Å². The number of carbonyl (C=O) groups excluding carboxylic acids is 2. The van der Waals surface area contributed by atoms with Crippen LogP contribution in [0.1, 0.15) is 46.0 Å². The van der Waals surface area contributed by atoms with Crippen LogP contribution in [0.25, 0.3) is 0 Å². The minimum atomic E-state index is -1.16. The van der Waals surface area contributed by atoms with Crippen molar-refractivity contribution in [2.75, 3.05) is 35.8 Å². The molecule has 0 saturated carbocycles. The molecule has 2 aliphatic rings. The summed E-state index contributed by atoms with van der Waals surface area (Å²) < 4.78 is 2.99. The van der Waals surface area contributed by atoms with Gasteiger partial charge in [-0.2, -0.15) is 0 Å². The summed E-state index contributed by atoms with van der Waals surface area (Å²) in [6, 6.07) is 20.1. The van der Waals surface area contributed by atoms with Crippen molar-refractivity contribution in [3.8, 4) is 0 Å². The first-order valence-electron chi connectivity index (χ1n) is 17.3. The van der Waals surface area contributed by atoms with E-state index in [0.717, 1.165) is 5.82 Å². The molecule has 6 aromatic rings. The Morgan fingerprint density at radius 2 is 1.12 bits per heavy atom. The van der Waals surface area contributed by atoms with Crippen LogP contribution < -0.4 is 43.4 Å². The molecule has 0 radical (unpaired) electrons. The van der Waals surface area contributed by atoms with Crippen LogP contribution in [0.2, 0.25) is 20.1 Å². The molecule has 0 bridgehead atoms. The fourth-order valence-electron chi connectivity index (χ4n) is 6.37. The molecule has 0 fully saturated rings. The summed E-state index contributed by atoms with van der Waals surface area (Å²) in [5.41, 5.74) is 4.12. The second-order valence-corrected chi connectivity index (χ2v) is 15.6. The fraction of sp³-hybridized carbons (Fsp3) is 0.158. The predicted octanol–water partition coefficient (Wildman–Crippen LogP) is 6.68. The first-order chi connectivity index (χ1) is 28.0. The van der Waals surface area contributed by atoms with Gasteiger partial charge in [-0.1, -0.05) is 70.7 Å². The molecule has 0 spiro atoms. The predicted molar refractivity (Wildman–Crippen MR) is 233 cm³/mol. The molecule has 304 valence electrons. The zero-order valence-corrected chi connectivity index (χ0v) is 36.0. The average molecular weight is 943 g/mol. The Morgan fingerprint density at radius 1 is 0.644 bits per heavy atom. The molecule has 59 heavy (non-hydrogen) atoms. The molecule has 0 aliphatic carbocycles. The summed E-state index contributed by atoms with van der Waals surface area (Å²) in [7, 11) is 3.50. The standard InChI is InChI=1S/C19H16Cl2N6O2.C14H9BrCl2N2O2.C5H8N4/c1-19(10-4-3-5-11(20)6-10)26-17(28)16-12(21)7-13(18(29)27(16)19)25-15-8-14(22-2)23-9-24-15;1-14(7-3-2-4-8(16)5-7)18-12(20)11-10(17)6-9(15)13(21)19(11)14;1-7-5-2-4(6)8-3-9-5/h3-9H,1-2H3,(H,26,28)(H2,22,23,24,25);2-6H,1H3,(H,18,20);2-3H,1H3,(H3,6,7,8,9). The number of nitrogens with one attached hydrogen (secondary N) is 5. The number of hydrogen-bond acceptors (Lipinski definition) is 12. The van der Waals surface area contributed by atoms with Gasteiger partial charge in [0.25, 0.3) is 22.9 Å². The number of halogens is 5. The normalized spacial score (nSPS) is 17.2. The number of fused-ring (bicyclic) bond motifs is 2. The molecule has 2 aliphatic heterocycles. The van der Waals surface area contributed by atoms with Crippen LogP contribution in [0.3, 0.4) is 0 Å². The fourth-order valence-corrected chi connectivity index (χ4v) is 7.85. The van der Waals surface area contributed by atoms with Gasteiger partial charge in [-0.05, 0) is 77.3 Å². The van der Waals surface area contributed by atoms with E-state index in [-0.39, 0.29) is 32.7 Å². The lowest BCUT2D eigenvalue weighted by atomic mass is 10.0. The minimum Gasteiger partial charge on any atom is -0.384 e. The van der Waals surface area contributed by atoms with Crippen molar-refractivity contribution in [1.29, 1.82) is 0 Å². The SMILES string of the molecule is CC1(c2cccc(Cl)c2)NC(=O)c2c(Cl)cc(Br)c(=O)n21.CNc1cc(N)ncn1.CNc1cc(Nc2cc(Cl)c3n(c2=O)C(C)(c2cccc(Cl)c2)NC3=O)ncn1. The van der Waals surface area contributed by atoms with Gasteiger partial charge in [0.2, 0.25) is 0 Å². The van der Waals surface area contributed by atoms with Gasteiger partial charge in [0.1, 0.15) is 64.3 Å². The van der Waals surface area contributed by atoms with E-state index in [2.05, 4.69) is 62.4 Å². The Kier molecular flexibility index (Phi) is 12.5. The molecule has 2 aromatic carbocycles. The van der Waals surface area contributed by atoms with Gasteiger partial charge in [-0.15, -0.1) is 0 Å². The lowest BCUT2D eigenvalue weighted by Crippen LogP contribution is -2.46. The van der Waals surface area contributed by atoms with Crippen LogP contribution in [-0.4, -0.2) is 55.0 Å². The third kappa shape index (κ3) is 8.56. The largest absolute Gasteiger partial charge is 0.384 e. The highest BCUT2D eigenvalue weighted by atomic mass is 79.9. The number of aromatic nitrogens is 6. The van der Waals surface area contributed by atoms with Gasteiger partial charge in [0.15, 0.2) is 0 Å². The summed E-state index contributed by atoms with van der Waals surface area (Å²) in [6.07, 6.45) is 2.78. The lowest BCUT2D eigenvalue weighted by Gasteiger charge is -2.28. The Balaban J connectivity index is 0.000000169. The zero-order chi connectivity index (χ0) is 42.8. The second-order valence-electron chi connectivity index (χ2n) is 13.0. The van der Waals surface area contributed by atoms with E-state index in [0.29, 0.717) is 43.1 Å². The summed E-state index contributed by atoms with van der Waals surface area (Å²) in [6.45, 7) is 3.45. The maximum atomic E-state index is 13.3. The zero-order valence-electron chi connectivity index (χ0n) is 31.4. The number of nitrogens with zero attached hydrogens (tertiary/aromatic N) is 6. The van der Waals surface area contributed by atoms with Crippen molar-refractivity contribution in [2.45, 2.75) is 25.2 Å². The minimum absolute atomic E-state index is 0.0864. The van der Waals surface area contributed by atoms with Crippen LogP contribution in [0.5, 0.6) is 0 Å². The van der Waals surface area contributed by atoms with Crippen LogP contribution in [0, 0.1) is 0 Å². The van der Waals surface area contributed by atoms with Gasteiger partial charge < -0.3 is 32.3 Å². The monoisotopic (exact) mass is 940 g/mol. The topological polar surface area (TPSA) is 216 Å². The Morgan fingerprint density at radius 3 is 1.61 bits per heavy atom. The number of benzene rings is 2. The van der Waals surface area contributed by atoms with E-state index < -0.39 is 28.7 Å². The molecule has 2 atom stereocenters. The molecule has 21 heteroatoms.